The van der Waals surface area contributed by atoms with E-state index < -0.39 is 0 Å². The molecule has 5 rings (SSSR count). The summed E-state index contributed by atoms with van der Waals surface area (Å²) in [5, 5.41) is 16.7. The van der Waals surface area contributed by atoms with E-state index in [2.05, 4.69) is 28.1 Å². The van der Waals surface area contributed by atoms with Crippen molar-refractivity contribution in [3.8, 4) is 17.2 Å². The molecular weight excluding hydrogens is 352 g/mol. The minimum Gasteiger partial charge on any atom is -0.352 e. The zero-order chi connectivity index (χ0) is 19.3. The Labute approximate surface area is 164 Å². The summed E-state index contributed by atoms with van der Waals surface area (Å²) in [7, 11) is 0. The number of pyridine rings is 1. The van der Waals surface area contributed by atoms with Crippen LogP contribution in [0.15, 0.2) is 18.5 Å². The van der Waals surface area contributed by atoms with Crippen molar-refractivity contribution in [1.82, 2.24) is 20.1 Å². The monoisotopic (exact) mass is 376 g/mol. The van der Waals surface area contributed by atoms with Crippen molar-refractivity contribution in [3.05, 3.63) is 29.7 Å². The second kappa shape index (κ2) is 6.62. The van der Waals surface area contributed by atoms with Crippen molar-refractivity contribution in [3.63, 3.8) is 0 Å². The zero-order valence-electron chi connectivity index (χ0n) is 16.1. The molecule has 1 atom stereocenters. The van der Waals surface area contributed by atoms with Gasteiger partial charge in [0.25, 0.3) is 0 Å². The fourth-order valence-electron chi connectivity index (χ4n) is 4.18. The Hall–Kier alpha value is -2.88. The highest BCUT2D eigenvalue weighted by Crippen LogP contribution is 2.45. The van der Waals surface area contributed by atoms with Crippen LogP contribution in [0.2, 0.25) is 0 Å². The lowest BCUT2D eigenvalue weighted by atomic mass is 10.0. The smallest absolute Gasteiger partial charge is 0.226 e. The third kappa shape index (κ3) is 3.03. The number of rotatable bonds is 4. The maximum Gasteiger partial charge on any atom is 0.226 e. The fraction of sp³-hybridized carbons (Fsp3) is 0.524. The van der Waals surface area contributed by atoms with Gasteiger partial charge in [0.15, 0.2) is 0 Å². The number of aromatic amines is 1. The summed E-state index contributed by atoms with van der Waals surface area (Å²) >= 11 is 0. The van der Waals surface area contributed by atoms with Crippen molar-refractivity contribution < 1.29 is 4.79 Å². The van der Waals surface area contributed by atoms with Crippen LogP contribution in [0, 0.1) is 17.2 Å². The number of H-pyrrole nitrogens is 1. The molecule has 1 unspecified atom stereocenters. The number of aromatic nitrogens is 3. The molecule has 3 heterocycles. The topological polar surface area (TPSA) is 88.9 Å². The standard InChI is InChI=1S/C21H24N6O/c1-13-12-26(6-7-27(13)21(28)15-4-5-15)20-16(9-22)8-18(17-10-23-24-11-17)19(25-20)14-2-3-14/h8,10-11,13-15H,2-7,12H2,1H3,(H,23,24). The van der Waals surface area contributed by atoms with Crippen molar-refractivity contribution in [2.75, 3.05) is 24.5 Å². The number of anilines is 1. The molecule has 0 spiro atoms. The molecule has 1 amide bonds. The van der Waals surface area contributed by atoms with Crippen LogP contribution in [-0.4, -0.2) is 51.7 Å². The van der Waals surface area contributed by atoms with E-state index in [1.54, 1.807) is 6.20 Å². The highest BCUT2D eigenvalue weighted by Gasteiger charge is 2.38. The molecule has 2 saturated carbocycles. The van der Waals surface area contributed by atoms with Gasteiger partial charge in [-0.15, -0.1) is 0 Å². The van der Waals surface area contributed by atoms with Crippen LogP contribution < -0.4 is 4.90 Å². The van der Waals surface area contributed by atoms with E-state index in [0.29, 0.717) is 23.9 Å². The molecule has 1 saturated heterocycles. The van der Waals surface area contributed by atoms with Crippen LogP contribution in [0.3, 0.4) is 0 Å². The van der Waals surface area contributed by atoms with Crippen molar-refractivity contribution in [1.29, 1.82) is 5.26 Å². The van der Waals surface area contributed by atoms with Gasteiger partial charge in [-0.05, 0) is 38.7 Å². The molecule has 0 bridgehead atoms. The quantitative estimate of drug-likeness (QED) is 0.886. The number of hydrogen-bond acceptors (Lipinski definition) is 5. The Kier molecular flexibility index (Phi) is 4.08. The molecule has 7 heteroatoms. The number of carbonyl (C=O) groups excluding carboxylic acids is 1. The second-order valence-corrected chi connectivity index (χ2v) is 8.27. The molecule has 2 aliphatic carbocycles. The Balaban J connectivity index is 1.46. The summed E-state index contributed by atoms with van der Waals surface area (Å²) in [6.45, 7) is 4.24. The van der Waals surface area contributed by atoms with Crippen LogP contribution in [0.4, 0.5) is 5.82 Å². The minimum absolute atomic E-state index is 0.133. The van der Waals surface area contributed by atoms with Gasteiger partial charge in [0.1, 0.15) is 11.9 Å². The third-order valence-electron chi connectivity index (χ3n) is 6.06. The predicted octanol–water partition coefficient (Wildman–Crippen LogP) is 2.67. The van der Waals surface area contributed by atoms with E-state index in [-0.39, 0.29) is 12.0 Å². The number of nitrogens with one attached hydrogen (secondary N) is 1. The fourth-order valence-corrected chi connectivity index (χ4v) is 4.18. The summed E-state index contributed by atoms with van der Waals surface area (Å²) in [5.41, 5.74) is 3.65. The molecule has 3 aliphatic rings. The molecule has 1 aliphatic heterocycles. The van der Waals surface area contributed by atoms with Gasteiger partial charge >= 0.3 is 0 Å². The lowest BCUT2D eigenvalue weighted by Gasteiger charge is -2.41. The molecular formula is C21H24N6O. The SMILES string of the molecule is CC1CN(c2nc(C3CC3)c(-c3cn[nH]c3)cc2C#N)CCN1C(=O)C1CC1. The summed E-state index contributed by atoms with van der Waals surface area (Å²) in [5.74, 6) is 1.78. The Bertz CT molecular complexity index is 939. The van der Waals surface area contributed by atoms with E-state index >= 15 is 0 Å². The van der Waals surface area contributed by atoms with Gasteiger partial charge in [-0.3, -0.25) is 9.89 Å². The number of hydrogen-bond donors (Lipinski definition) is 1. The highest BCUT2D eigenvalue weighted by molar-refractivity contribution is 5.81. The second-order valence-electron chi connectivity index (χ2n) is 8.27. The number of nitrogens with zero attached hydrogens (tertiary/aromatic N) is 5. The van der Waals surface area contributed by atoms with E-state index in [4.69, 9.17) is 4.98 Å². The number of amides is 1. The zero-order valence-corrected chi connectivity index (χ0v) is 16.1. The van der Waals surface area contributed by atoms with E-state index in [1.807, 2.05) is 17.2 Å². The lowest BCUT2D eigenvalue weighted by molar-refractivity contribution is -0.134. The van der Waals surface area contributed by atoms with Gasteiger partial charge in [0.05, 0.1) is 17.5 Å². The first-order valence-electron chi connectivity index (χ1n) is 10.2. The van der Waals surface area contributed by atoms with Gasteiger partial charge < -0.3 is 9.80 Å². The first-order valence-corrected chi connectivity index (χ1v) is 10.2. The average Bonchev–Trinajstić information content (AvgIpc) is 3.65. The Morgan fingerprint density at radius 2 is 2.11 bits per heavy atom. The molecule has 0 aromatic carbocycles. The van der Waals surface area contributed by atoms with Crippen LogP contribution >= 0.6 is 0 Å². The first kappa shape index (κ1) is 17.2. The summed E-state index contributed by atoms with van der Waals surface area (Å²) < 4.78 is 0. The summed E-state index contributed by atoms with van der Waals surface area (Å²) in [6, 6.07) is 4.44. The molecule has 0 radical (unpaired) electrons. The van der Waals surface area contributed by atoms with Gasteiger partial charge in [-0.25, -0.2) is 4.98 Å². The largest absolute Gasteiger partial charge is 0.352 e. The van der Waals surface area contributed by atoms with Crippen molar-refractivity contribution in [2.45, 2.75) is 44.6 Å². The van der Waals surface area contributed by atoms with Crippen molar-refractivity contribution in [2.24, 2.45) is 5.92 Å². The number of carbonyl (C=O) groups is 1. The maximum atomic E-state index is 12.5. The third-order valence-corrected chi connectivity index (χ3v) is 6.06. The summed E-state index contributed by atoms with van der Waals surface area (Å²) in [6.07, 6.45) is 7.99. The van der Waals surface area contributed by atoms with Crippen LogP contribution in [0.25, 0.3) is 11.1 Å². The lowest BCUT2D eigenvalue weighted by Crippen LogP contribution is -2.54. The van der Waals surface area contributed by atoms with Crippen LogP contribution in [0.1, 0.15) is 49.8 Å². The van der Waals surface area contributed by atoms with Gasteiger partial charge in [-0.1, -0.05) is 0 Å². The molecule has 1 N–H and O–H groups in total. The molecule has 3 fully saturated rings. The Morgan fingerprint density at radius 1 is 1.29 bits per heavy atom. The average molecular weight is 376 g/mol. The van der Waals surface area contributed by atoms with Gasteiger partial charge in [0.2, 0.25) is 5.91 Å². The normalized spacial score (nSPS) is 22.2. The van der Waals surface area contributed by atoms with E-state index in [0.717, 1.165) is 61.4 Å². The molecule has 144 valence electrons. The Morgan fingerprint density at radius 3 is 2.71 bits per heavy atom. The van der Waals surface area contributed by atoms with Crippen molar-refractivity contribution >= 4 is 11.7 Å². The molecule has 2 aromatic rings. The van der Waals surface area contributed by atoms with Crippen LogP contribution in [0.5, 0.6) is 0 Å². The minimum atomic E-state index is 0.133. The number of nitriles is 1. The molecule has 28 heavy (non-hydrogen) atoms. The van der Waals surface area contributed by atoms with E-state index in [1.165, 1.54) is 0 Å². The molecule has 7 nitrogen and oxygen atoms in total. The highest BCUT2D eigenvalue weighted by atomic mass is 16.2. The van der Waals surface area contributed by atoms with E-state index in [9.17, 15) is 10.1 Å². The van der Waals surface area contributed by atoms with Crippen LogP contribution in [-0.2, 0) is 4.79 Å². The number of piperazine rings is 1. The maximum absolute atomic E-state index is 12.5. The van der Waals surface area contributed by atoms with Gasteiger partial charge in [0, 0.05) is 54.8 Å². The molecule has 2 aromatic heterocycles. The van der Waals surface area contributed by atoms with Gasteiger partial charge in [-0.2, -0.15) is 10.4 Å². The predicted molar refractivity (Wildman–Crippen MR) is 105 cm³/mol. The summed E-state index contributed by atoms with van der Waals surface area (Å²) in [4.78, 5) is 21.7. The first-order chi connectivity index (χ1) is 13.7.